The molecule has 4 aliphatic carbocycles. The minimum absolute atomic E-state index is 0.0270. The van der Waals surface area contributed by atoms with Crippen molar-refractivity contribution in [3.63, 3.8) is 0 Å². The molecule has 1 aromatic rings. The topological polar surface area (TPSA) is 84.3 Å². The van der Waals surface area contributed by atoms with E-state index in [2.05, 4.69) is 20.0 Å². The van der Waals surface area contributed by atoms with Gasteiger partial charge in [-0.1, -0.05) is 0 Å². The fraction of sp³-hybridized carbons (Fsp3) is 0.706. The van der Waals surface area contributed by atoms with E-state index in [0.29, 0.717) is 6.20 Å². The van der Waals surface area contributed by atoms with Crippen LogP contribution in [0, 0.1) is 0 Å². The summed E-state index contributed by atoms with van der Waals surface area (Å²) in [5, 5.41) is 13.3. The Morgan fingerprint density at radius 1 is 1.14 bits per heavy atom. The number of halogens is 5. The van der Waals surface area contributed by atoms with Crippen LogP contribution in [0.25, 0.3) is 0 Å². The van der Waals surface area contributed by atoms with Crippen molar-refractivity contribution < 1.29 is 36.6 Å². The molecule has 4 bridgehead atoms. The first-order chi connectivity index (χ1) is 12.8. The van der Waals surface area contributed by atoms with Gasteiger partial charge in [-0.2, -0.15) is 13.2 Å². The van der Waals surface area contributed by atoms with Gasteiger partial charge in [-0.3, -0.25) is 0 Å². The average molecular weight is 407 g/mol. The summed E-state index contributed by atoms with van der Waals surface area (Å²) >= 11 is 0. The van der Waals surface area contributed by atoms with Gasteiger partial charge >= 0.3 is 12.1 Å². The van der Waals surface area contributed by atoms with Crippen LogP contribution in [-0.2, 0) is 10.9 Å². The summed E-state index contributed by atoms with van der Waals surface area (Å²) in [6.07, 6.45) is -5.42. The van der Waals surface area contributed by atoms with Gasteiger partial charge in [-0.25, -0.2) is 23.5 Å². The number of methoxy groups -OCH3 is 1. The second-order valence-electron chi connectivity index (χ2n) is 8.44. The van der Waals surface area contributed by atoms with Crippen LogP contribution in [0.15, 0.2) is 6.20 Å². The number of aromatic nitrogens is 2. The van der Waals surface area contributed by atoms with Crippen molar-refractivity contribution in [3.05, 3.63) is 17.5 Å². The van der Waals surface area contributed by atoms with Gasteiger partial charge in [0.1, 0.15) is 16.9 Å². The molecule has 0 saturated heterocycles. The molecule has 0 aliphatic heterocycles. The van der Waals surface area contributed by atoms with Crippen LogP contribution >= 0.6 is 0 Å². The van der Waals surface area contributed by atoms with Crippen LogP contribution in [0.2, 0.25) is 0 Å². The van der Waals surface area contributed by atoms with Crippen LogP contribution in [-0.4, -0.2) is 50.6 Å². The molecule has 0 aromatic carbocycles. The van der Waals surface area contributed by atoms with Gasteiger partial charge < -0.3 is 15.2 Å². The second-order valence-corrected chi connectivity index (χ2v) is 8.44. The van der Waals surface area contributed by atoms with Crippen molar-refractivity contribution >= 4 is 11.9 Å². The maximum absolute atomic E-state index is 15.1. The summed E-state index contributed by atoms with van der Waals surface area (Å²) in [7, 11) is 0.923. The van der Waals surface area contributed by atoms with Crippen LogP contribution in [0.5, 0.6) is 0 Å². The Morgan fingerprint density at radius 2 is 1.75 bits per heavy atom. The lowest BCUT2D eigenvalue weighted by atomic mass is 9.48. The van der Waals surface area contributed by atoms with Crippen molar-refractivity contribution in [1.82, 2.24) is 9.97 Å². The smallest absolute Gasteiger partial charge is 0.434 e. The fourth-order valence-electron chi connectivity index (χ4n) is 5.63. The van der Waals surface area contributed by atoms with E-state index in [-0.39, 0.29) is 38.5 Å². The molecule has 2 N–H and O–H groups in total. The molecule has 0 amide bonds. The third kappa shape index (κ3) is 3.09. The maximum Gasteiger partial charge on any atom is 0.434 e. The van der Waals surface area contributed by atoms with Gasteiger partial charge in [0.2, 0.25) is 5.95 Å². The third-order valence-corrected chi connectivity index (χ3v) is 5.74. The summed E-state index contributed by atoms with van der Waals surface area (Å²) in [5.41, 5.74) is -9.18. The minimum Gasteiger partial charge on any atom is -0.465 e. The highest BCUT2D eigenvalue weighted by Gasteiger charge is 2.69. The molecule has 1 aromatic heterocycles. The Morgan fingerprint density at radius 3 is 2.25 bits per heavy atom. The van der Waals surface area contributed by atoms with E-state index in [1.807, 2.05) is 0 Å². The molecule has 0 spiro atoms. The molecule has 28 heavy (non-hydrogen) atoms. The van der Waals surface area contributed by atoms with Gasteiger partial charge in [0.05, 0.1) is 12.7 Å². The Labute approximate surface area is 156 Å². The molecule has 2 atom stereocenters. The molecule has 0 radical (unpaired) electrons. The summed E-state index contributed by atoms with van der Waals surface area (Å²) in [6.45, 7) is 0. The number of ether oxygens (including phenoxy) is 1. The van der Waals surface area contributed by atoms with E-state index in [1.54, 1.807) is 0 Å². The molecular formula is C17H18F5N3O3. The van der Waals surface area contributed by atoms with Gasteiger partial charge in [0, 0.05) is 43.8 Å². The van der Waals surface area contributed by atoms with E-state index in [1.165, 1.54) is 0 Å². The second kappa shape index (κ2) is 5.52. The number of anilines is 1. The van der Waals surface area contributed by atoms with E-state index in [9.17, 15) is 23.1 Å². The van der Waals surface area contributed by atoms with Crippen molar-refractivity contribution in [1.29, 1.82) is 0 Å². The number of aliphatic hydroxyl groups is 1. The molecule has 11 heteroatoms. The highest BCUT2D eigenvalue weighted by atomic mass is 19.4. The summed E-state index contributed by atoms with van der Waals surface area (Å²) in [4.78, 5) is 18.7. The van der Waals surface area contributed by atoms with Gasteiger partial charge in [-0.05, 0) is 6.42 Å². The van der Waals surface area contributed by atoms with E-state index >= 15 is 8.78 Å². The molecule has 1 heterocycles. The minimum atomic E-state index is -4.97. The lowest BCUT2D eigenvalue weighted by molar-refractivity contribution is -0.211. The Kier molecular flexibility index (Phi) is 3.80. The summed E-state index contributed by atoms with van der Waals surface area (Å²) in [5.74, 6) is -1.77. The number of hydrogen-bond donors (Lipinski definition) is 2. The Balaban J connectivity index is 1.71. The van der Waals surface area contributed by atoms with Crippen molar-refractivity contribution in [2.45, 2.75) is 67.2 Å². The molecular weight excluding hydrogens is 389 g/mol. The highest BCUT2D eigenvalue weighted by Crippen LogP contribution is 2.64. The molecule has 2 unspecified atom stereocenters. The van der Waals surface area contributed by atoms with Crippen LogP contribution in [0.3, 0.4) is 0 Å². The number of carbonyl (C=O) groups excluding carboxylic acids is 1. The van der Waals surface area contributed by atoms with E-state index < -0.39 is 51.8 Å². The zero-order valence-electron chi connectivity index (χ0n) is 14.9. The van der Waals surface area contributed by atoms with Crippen LogP contribution in [0.1, 0.15) is 54.6 Å². The van der Waals surface area contributed by atoms with E-state index in [0.717, 1.165) is 7.11 Å². The Bertz CT molecular complexity index is 792. The monoisotopic (exact) mass is 407 g/mol. The number of esters is 1. The average Bonchev–Trinajstić information content (AvgIpc) is 2.48. The first-order valence-corrected chi connectivity index (χ1v) is 8.70. The fourth-order valence-corrected chi connectivity index (χ4v) is 5.63. The predicted octanol–water partition coefficient (Wildman–Crippen LogP) is 2.96. The summed E-state index contributed by atoms with van der Waals surface area (Å²) in [6, 6.07) is 0. The largest absolute Gasteiger partial charge is 0.465 e. The normalized spacial score (nSPS) is 39.1. The molecule has 5 rings (SSSR count). The number of rotatable bonds is 3. The zero-order valence-corrected chi connectivity index (χ0v) is 14.9. The number of carbonyl (C=O) groups is 1. The zero-order chi connectivity index (χ0) is 20.6. The standard InChI is InChI=1S/C17H18F5N3O3/c1-28-11(26)9-2-23-12(24-10(9)17(20,21)22)25-15-4-13(18)3-14(19,5-15)7-16(27,6-13)8-15/h2,27H,3-8H2,1H3,(H,23,24,25). The van der Waals surface area contributed by atoms with Crippen molar-refractivity contribution in [2.75, 3.05) is 12.4 Å². The molecule has 4 fully saturated rings. The van der Waals surface area contributed by atoms with Crippen LogP contribution < -0.4 is 5.32 Å². The molecule has 4 aliphatic rings. The lowest BCUT2D eigenvalue weighted by Gasteiger charge is -2.64. The number of hydrogen-bond acceptors (Lipinski definition) is 6. The third-order valence-electron chi connectivity index (χ3n) is 5.74. The van der Waals surface area contributed by atoms with Crippen molar-refractivity contribution in [3.8, 4) is 0 Å². The first kappa shape index (κ1) is 19.3. The molecule has 6 nitrogen and oxygen atoms in total. The maximum atomic E-state index is 15.1. The van der Waals surface area contributed by atoms with Gasteiger partial charge in [0.25, 0.3) is 0 Å². The van der Waals surface area contributed by atoms with E-state index in [4.69, 9.17) is 0 Å². The van der Waals surface area contributed by atoms with Gasteiger partial charge in [0.15, 0.2) is 5.69 Å². The summed E-state index contributed by atoms with van der Waals surface area (Å²) < 4.78 is 74.4. The molecule has 154 valence electrons. The lowest BCUT2D eigenvalue weighted by Crippen LogP contribution is -2.71. The van der Waals surface area contributed by atoms with Crippen LogP contribution in [0.4, 0.5) is 27.9 Å². The number of alkyl halides is 5. The number of nitrogens with one attached hydrogen (secondary N) is 1. The quantitative estimate of drug-likeness (QED) is 0.592. The van der Waals surface area contributed by atoms with Crippen molar-refractivity contribution in [2.24, 2.45) is 0 Å². The molecule has 4 saturated carbocycles. The van der Waals surface area contributed by atoms with Gasteiger partial charge in [-0.15, -0.1) is 0 Å². The predicted molar refractivity (Wildman–Crippen MR) is 85.1 cm³/mol. The number of nitrogens with zero attached hydrogens (tertiary/aromatic N) is 2. The SMILES string of the molecule is COC(=O)c1cnc(NC23CC4(O)CC(F)(CC(F)(C4)C2)C3)nc1C(F)(F)F. The first-order valence-electron chi connectivity index (χ1n) is 8.70. The highest BCUT2D eigenvalue weighted by molar-refractivity contribution is 5.90. The Hall–Kier alpha value is -2.04.